The first-order valence-electron chi connectivity index (χ1n) is 9.17. The Bertz CT molecular complexity index is 1180. The number of fused-ring (bicyclic) bond motifs is 1. The molecule has 0 saturated carbocycles. The molecule has 1 saturated heterocycles. The Hall–Kier alpha value is -3.23. The minimum atomic E-state index is -0.159. The van der Waals surface area contributed by atoms with Crippen LogP contribution >= 0.6 is 11.3 Å². The predicted molar refractivity (Wildman–Crippen MR) is 109 cm³/mol. The molecule has 0 unspecified atom stereocenters. The zero-order valence-electron chi connectivity index (χ0n) is 15.6. The van der Waals surface area contributed by atoms with Crippen LogP contribution in [0.2, 0.25) is 0 Å². The molecule has 0 bridgehead atoms. The standard InChI is InChI=1S/C21H17N3O4S/c1-26-15-6-3-13(4-7-15)20-22-17(12-29-20)19-16-11-14(5-8-18(16)28-23-19)21(25)24-9-2-10-27-24/h3-8,11-12H,2,9-10H2,1H3. The summed E-state index contributed by atoms with van der Waals surface area (Å²) in [7, 11) is 1.64. The molecule has 7 nitrogen and oxygen atoms in total. The average molecular weight is 407 g/mol. The smallest absolute Gasteiger partial charge is 0.277 e. The molecule has 29 heavy (non-hydrogen) atoms. The quantitative estimate of drug-likeness (QED) is 0.499. The van der Waals surface area contributed by atoms with E-state index in [1.54, 1.807) is 25.3 Å². The summed E-state index contributed by atoms with van der Waals surface area (Å²) in [5.74, 6) is 0.640. The van der Waals surface area contributed by atoms with Gasteiger partial charge < -0.3 is 9.26 Å². The van der Waals surface area contributed by atoms with Crippen LogP contribution in [0, 0.1) is 0 Å². The number of methoxy groups -OCH3 is 1. The summed E-state index contributed by atoms with van der Waals surface area (Å²) in [6.45, 7) is 1.17. The molecule has 0 N–H and O–H groups in total. The van der Waals surface area contributed by atoms with Crippen molar-refractivity contribution in [2.45, 2.75) is 6.42 Å². The summed E-state index contributed by atoms with van der Waals surface area (Å²) in [5.41, 5.74) is 3.47. The van der Waals surface area contributed by atoms with E-state index < -0.39 is 0 Å². The van der Waals surface area contributed by atoms with Crippen LogP contribution in [0.15, 0.2) is 52.4 Å². The van der Waals surface area contributed by atoms with E-state index in [0.717, 1.165) is 28.1 Å². The number of amides is 1. The van der Waals surface area contributed by atoms with Gasteiger partial charge in [-0.1, -0.05) is 5.16 Å². The fourth-order valence-corrected chi connectivity index (χ4v) is 4.07. The highest BCUT2D eigenvalue weighted by Gasteiger charge is 2.23. The van der Waals surface area contributed by atoms with Gasteiger partial charge in [-0.05, 0) is 48.9 Å². The molecule has 0 radical (unpaired) electrons. The Labute approximate surface area is 170 Å². The van der Waals surface area contributed by atoms with Crippen molar-refractivity contribution >= 4 is 28.2 Å². The van der Waals surface area contributed by atoms with Crippen molar-refractivity contribution < 1.29 is 18.9 Å². The second kappa shape index (κ2) is 7.31. The molecule has 1 fully saturated rings. The molecule has 2 aromatic carbocycles. The molecule has 5 rings (SSSR count). The van der Waals surface area contributed by atoms with Crippen molar-refractivity contribution in [3.05, 3.63) is 53.4 Å². The van der Waals surface area contributed by atoms with Crippen molar-refractivity contribution in [2.24, 2.45) is 0 Å². The molecule has 8 heteroatoms. The van der Waals surface area contributed by atoms with Crippen LogP contribution in [0.5, 0.6) is 5.75 Å². The van der Waals surface area contributed by atoms with Gasteiger partial charge in [0, 0.05) is 16.5 Å². The molecule has 3 heterocycles. The fraction of sp³-hybridized carbons (Fsp3) is 0.190. The monoisotopic (exact) mass is 407 g/mol. The fourth-order valence-electron chi connectivity index (χ4n) is 3.26. The maximum Gasteiger partial charge on any atom is 0.277 e. The predicted octanol–water partition coefficient (Wildman–Crippen LogP) is 4.40. The van der Waals surface area contributed by atoms with Crippen LogP contribution in [0.4, 0.5) is 0 Å². The third-order valence-electron chi connectivity index (χ3n) is 4.78. The highest BCUT2D eigenvalue weighted by Crippen LogP contribution is 2.33. The maximum atomic E-state index is 12.6. The SMILES string of the molecule is COc1ccc(-c2nc(-c3noc4ccc(C(=O)N5CCCO5)cc34)cs2)cc1. The van der Waals surface area contributed by atoms with Crippen LogP contribution in [0.1, 0.15) is 16.8 Å². The van der Waals surface area contributed by atoms with Gasteiger partial charge in [0.25, 0.3) is 5.91 Å². The lowest BCUT2D eigenvalue weighted by Gasteiger charge is -2.13. The Morgan fingerprint density at radius 2 is 2.07 bits per heavy atom. The number of hydrogen-bond acceptors (Lipinski definition) is 7. The van der Waals surface area contributed by atoms with Crippen molar-refractivity contribution in [3.63, 3.8) is 0 Å². The molecule has 2 aromatic heterocycles. The number of benzene rings is 2. The number of carbonyl (C=O) groups is 1. The molecule has 4 aromatic rings. The second-order valence-corrected chi connectivity index (χ2v) is 7.46. The number of aromatic nitrogens is 2. The zero-order valence-corrected chi connectivity index (χ0v) is 16.4. The van der Waals surface area contributed by atoms with Gasteiger partial charge in [-0.15, -0.1) is 11.3 Å². The first kappa shape index (κ1) is 17.8. The Morgan fingerprint density at radius 3 is 2.83 bits per heavy atom. The van der Waals surface area contributed by atoms with E-state index in [9.17, 15) is 4.79 Å². The minimum Gasteiger partial charge on any atom is -0.497 e. The highest BCUT2D eigenvalue weighted by atomic mass is 32.1. The van der Waals surface area contributed by atoms with E-state index in [1.165, 1.54) is 16.4 Å². The van der Waals surface area contributed by atoms with Crippen LogP contribution in [-0.2, 0) is 4.84 Å². The number of carbonyl (C=O) groups excluding carboxylic acids is 1. The van der Waals surface area contributed by atoms with E-state index in [1.807, 2.05) is 29.6 Å². The largest absolute Gasteiger partial charge is 0.497 e. The van der Waals surface area contributed by atoms with Crippen LogP contribution in [0.25, 0.3) is 32.9 Å². The Balaban J connectivity index is 1.49. The van der Waals surface area contributed by atoms with Crippen molar-refractivity contribution in [1.29, 1.82) is 0 Å². The molecule has 0 spiro atoms. The third kappa shape index (κ3) is 3.26. The molecule has 1 aliphatic rings. The summed E-state index contributed by atoms with van der Waals surface area (Å²) in [5, 5.41) is 9.16. The summed E-state index contributed by atoms with van der Waals surface area (Å²) >= 11 is 1.53. The van der Waals surface area contributed by atoms with E-state index in [4.69, 9.17) is 19.1 Å². The summed E-state index contributed by atoms with van der Waals surface area (Å²) < 4.78 is 10.7. The van der Waals surface area contributed by atoms with Gasteiger partial charge in [0.2, 0.25) is 0 Å². The second-order valence-electron chi connectivity index (χ2n) is 6.60. The Morgan fingerprint density at radius 1 is 1.21 bits per heavy atom. The van der Waals surface area contributed by atoms with Gasteiger partial charge in [0.05, 0.1) is 25.6 Å². The maximum absolute atomic E-state index is 12.6. The molecular weight excluding hydrogens is 390 g/mol. The molecule has 1 amide bonds. The summed E-state index contributed by atoms with van der Waals surface area (Å²) in [6, 6.07) is 13.0. The summed E-state index contributed by atoms with van der Waals surface area (Å²) in [4.78, 5) is 22.7. The lowest BCUT2D eigenvalue weighted by molar-refractivity contribution is -0.0768. The number of thiazole rings is 1. The lowest BCUT2D eigenvalue weighted by Crippen LogP contribution is -2.26. The highest BCUT2D eigenvalue weighted by molar-refractivity contribution is 7.13. The normalized spacial score (nSPS) is 13.9. The molecule has 1 aliphatic heterocycles. The van der Waals surface area contributed by atoms with E-state index >= 15 is 0 Å². The molecule has 0 atom stereocenters. The minimum absolute atomic E-state index is 0.159. The number of nitrogens with zero attached hydrogens (tertiary/aromatic N) is 3. The van der Waals surface area contributed by atoms with Gasteiger partial charge in [0.15, 0.2) is 5.58 Å². The topological polar surface area (TPSA) is 77.7 Å². The lowest BCUT2D eigenvalue weighted by atomic mass is 10.1. The number of rotatable bonds is 4. The number of ether oxygens (including phenoxy) is 1. The molecule has 0 aliphatic carbocycles. The third-order valence-corrected chi connectivity index (χ3v) is 5.67. The Kier molecular flexibility index (Phi) is 4.49. The van der Waals surface area contributed by atoms with Gasteiger partial charge in [-0.2, -0.15) is 0 Å². The van der Waals surface area contributed by atoms with Crippen LogP contribution < -0.4 is 4.74 Å². The first-order valence-corrected chi connectivity index (χ1v) is 10.1. The van der Waals surface area contributed by atoms with Gasteiger partial charge >= 0.3 is 0 Å². The van der Waals surface area contributed by atoms with Crippen molar-refractivity contribution in [2.75, 3.05) is 20.3 Å². The van der Waals surface area contributed by atoms with Gasteiger partial charge in [-0.3, -0.25) is 9.63 Å². The molecule has 146 valence electrons. The van der Waals surface area contributed by atoms with Crippen LogP contribution in [-0.4, -0.2) is 41.4 Å². The zero-order chi connectivity index (χ0) is 19.8. The van der Waals surface area contributed by atoms with Crippen molar-refractivity contribution in [3.8, 4) is 27.7 Å². The average Bonchev–Trinajstić information content (AvgIpc) is 3.53. The van der Waals surface area contributed by atoms with Crippen molar-refractivity contribution in [1.82, 2.24) is 15.2 Å². The summed E-state index contributed by atoms with van der Waals surface area (Å²) in [6.07, 6.45) is 0.847. The van der Waals surface area contributed by atoms with Crippen LogP contribution in [0.3, 0.4) is 0 Å². The van der Waals surface area contributed by atoms with E-state index in [-0.39, 0.29) is 5.91 Å². The number of hydroxylamine groups is 2. The van der Waals surface area contributed by atoms with Gasteiger partial charge in [0.1, 0.15) is 22.1 Å². The molecular formula is C21H17N3O4S. The first-order chi connectivity index (χ1) is 14.2. The van der Waals surface area contributed by atoms with E-state index in [2.05, 4.69) is 5.16 Å². The van der Waals surface area contributed by atoms with E-state index in [0.29, 0.717) is 35.7 Å². The van der Waals surface area contributed by atoms with Gasteiger partial charge in [-0.25, -0.2) is 10.0 Å². The number of hydrogen-bond donors (Lipinski definition) is 0.